The van der Waals surface area contributed by atoms with Gasteiger partial charge in [-0.1, -0.05) is 42.5 Å². The van der Waals surface area contributed by atoms with E-state index in [2.05, 4.69) is 5.32 Å². The summed E-state index contributed by atoms with van der Waals surface area (Å²) in [6.07, 6.45) is -1.03. The average Bonchev–Trinajstić information content (AvgIpc) is 2.77. The fourth-order valence-corrected chi connectivity index (χ4v) is 3.01. The third kappa shape index (κ3) is 4.88. The average molecular weight is 384 g/mol. The molecular weight excluding hydrogens is 360 g/mol. The first-order valence-corrected chi connectivity index (χ1v) is 9.27. The Labute approximate surface area is 163 Å². The fraction of sp³-hybridized carbons (Fsp3) is 0.333. The van der Waals surface area contributed by atoms with Crippen molar-refractivity contribution in [2.75, 3.05) is 44.8 Å². The van der Waals surface area contributed by atoms with E-state index in [-0.39, 0.29) is 12.5 Å². The van der Waals surface area contributed by atoms with Crippen LogP contribution in [0.3, 0.4) is 0 Å². The van der Waals surface area contributed by atoms with E-state index >= 15 is 0 Å². The summed E-state index contributed by atoms with van der Waals surface area (Å²) < 4.78 is 11.0. The maximum Gasteiger partial charge on any atom is 0.341 e. The second kappa shape index (κ2) is 9.87. The molecule has 0 radical (unpaired) electrons. The van der Waals surface area contributed by atoms with Crippen LogP contribution >= 0.6 is 0 Å². The highest BCUT2D eigenvalue weighted by molar-refractivity contribution is 5.97. The molecule has 3 rings (SSSR count). The minimum absolute atomic E-state index is 0.0639. The van der Waals surface area contributed by atoms with Crippen molar-refractivity contribution in [2.45, 2.75) is 6.10 Å². The summed E-state index contributed by atoms with van der Waals surface area (Å²) in [4.78, 5) is 27.6. The van der Waals surface area contributed by atoms with E-state index in [9.17, 15) is 9.59 Å². The lowest BCUT2D eigenvalue weighted by Gasteiger charge is -2.30. The Balaban J connectivity index is 1.83. The SMILES string of the molecule is O=C(O[C@@H](C(=O)N1CCOCC1)c1ccccc1)c1ccccc1NCCO. The number of carbonyl (C=O) groups is 2. The Bertz CT molecular complexity index is 790. The van der Waals surface area contributed by atoms with E-state index in [1.54, 1.807) is 53.4 Å². The molecule has 7 heteroatoms. The van der Waals surface area contributed by atoms with Gasteiger partial charge in [-0.25, -0.2) is 4.79 Å². The molecule has 2 aromatic rings. The third-order valence-corrected chi connectivity index (χ3v) is 4.45. The quantitative estimate of drug-likeness (QED) is 0.709. The molecule has 1 saturated heterocycles. The van der Waals surface area contributed by atoms with Crippen LogP contribution in [0.1, 0.15) is 22.0 Å². The molecular formula is C21H24N2O5. The van der Waals surface area contributed by atoms with E-state index in [0.717, 1.165) is 0 Å². The van der Waals surface area contributed by atoms with Crippen molar-refractivity contribution in [3.63, 3.8) is 0 Å². The van der Waals surface area contributed by atoms with Gasteiger partial charge in [0.25, 0.3) is 5.91 Å². The van der Waals surface area contributed by atoms with Crippen LogP contribution in [0.15, 0.2) is 54.6 Å². The third-order valence-electron chi connectivity index (χ3n) is 4.45. The number of para-hydroxylation sites is 1. The van der Waals surface area contributed by atoms with Crippen LogP contribution in [0, 0.1) is 0 Å². The Kier molecular flexibility index (Phi) is 7.00. The first-order valence-electron chi connectivity index (χ1n) is 9.27. The molecule has 1 amide bonds. The molecule has 1 fully saturated rings. The molecule has 0 aliphatic carbocycles. The number of nitrogens with one attached hydrogen (secondary N) is 1. The highest BCUT2D eigenvalue weighted by Gasteiger charge is 2.31. The molecule has 1 heterocycles. The van der Waals surface area contributed by atoms with Crippen LogP contribution < -0.4 is 5.32 Å². The molecule has 0 unspecified atom stereocenters. The van der Waals surface area contributed by atoms with E-state index in [1.165, 1.54) is 0 Å². The van der Waals surface area contributed by atoms with E-state index < -0.39 is 12.1 Å². The van der Waals surface area contributed by atoms with Crippen LogP contribution in [-0.4, -0.2) is 61.3 Å². The Morgan fingerprint density at radius 2 is 1.75 bits per heavy atom. The predicted molar refractivity (Wildman–Crippen MR) is 104 cm³/mol. The zero-order valence-electron chi connectivity index (χ0n) is 15.5. The van der Waals surface area contributed by atoms with Crippen molar-refractivity contribution in [1.29, 1.82) is 0 Å². The highest BCUT2D eigenvalue weighted by Crippen LogP contribution is 2.25. The molecule has 148 valence electrons. The molecule has 0 bridgehead atoms. The Morgan fingerprint density at radius 3 is 2.46 bits per heavy atom. The van der Waals surface area contributed by atoms with Gasteiger partial charge in [0.15, 0.2) is 0 Å². The highest BCUT2D eigenvalue weighted by atomic mass is 16.5. The molecule has 1 aliphatic rings. The van der Waals surface area contributed by atoms with Gasteiger partial charge in [0.1, 0.15) is 0 Å². The number of ether oxygens (including phenoxy) is 2. The molecule has 1 aliphatic heterocycles. The maximum absolute atomic E-state index is 13.1. The molecule has 7 nitrogen and oxygen atoms in total. The van der Waals surface area contributed by atoms with Crippen LogP contribution in [0.5, 0.6) is 0 Å². The first-order chi connectivity index (χ1) is 13.7. The number of esters is 1. The topological polar surface area (TPSA) is 88.1 Å². The number of amides is 1. The van der Waals surface area contributed by atoms with Gasteiger partial charge in [0.2, 0.25) is 6.10 Å². The van der Waals surface area contributed by atoms with E-state index in [0.29, 0.717) is 49.7 Å². The van der Waals surface area contributed by atoms with Crippen molar-refractivity contribution in [3.8, 4) is 0 Å². The monoisotopic (exact) mass is 384 g/mol. The normalized spacial score (nSPS) is 15.0. The number of nitrogens with zero attached hydrogens (tertiary/aromatic N) is 1. The summed E-state index contributed by atoms with van der Waals surface area (Å²) in [5.41, 5.74) is 1.48. The van der Waals surface area contributed by atoms with E-state index in [4.69, 9.17) is 14.6 Å². The van der Waals surface area contributed by atoms with E-state index in [1.807, 2.05) is 6.07 Å². The van der Waals surface area contributed by atoms with Crippen LogP contribution in [0.25, 0.3) is 0 Å². The summed E-state index contributed by atoms with van der Waals surface area (Å²) in [5.74, 6) is -0.861. The number of aliphatic hydroxyl groups is 1. The molecule has 2 aromatic carbocycles. The van der Waals surface area contributed by atoms with Gasteiger partial charge in [-0.05, 0) is 12.1 Å². The number of rotatable bonds is 7. The minimum Gasteiger partial charge on any atom is -0.444 e. The smallest absolute Gasteiger partial charge is 0.341 e. The summed E-state index contributed by atoms with van der Waals surface area (Å²) in [6.45, 7) is 2.11. The lowest BCUT2D eigenvalue weighted by atomic mass is 10.1. The van der Waals surface area contributed by atoms with Gasteiger partial charge in [0, 0.05) is 30.9 Å². The summed E-state index contributed by atoms with van der Waals surface area (Å²) in [6, 6.07) is 15.9. The van der Waals surface area contributed by atoms with Gasteiger partial charge >= 0.3 is 5.97 Å². The van der Waals surface area contributed by atoms with Gasteiger partial charge in [-0.2, -0.15) is 0 Å². The lowest BCUT2D eigenvalue weighted by molar-refractivity contribution is -0.145. The number of aliphatic hydroxyl groups excluding tert-OH is 1. The van der Waals surface area contributed by atoms with Crippen LogP contribution in [0.2, 0.25) is 0 Å². The van der Waals surface area contributed by atoms with Crippen LogP contribution in [0.4, 0.5) is 5.69 Å². The number of morpholine rings is 1. The molecule has 1 atom stereocenters. The van der Waals surface area contributed by atoms with Gasteiger partial charge < -0.3 is 24.8 Å². The van der Waals surface area contributed by atoms with Crippen molar-refractivity contribution in [1.82, 2.24) is 4.90 Å². The molecule has 2 N–H and O–H groups in total. The molecule has 28 heavy (non-hydrogen) atoms. The number of hydrogen-bond acceptors (Lipinski definition) is 6. The molecule has 0 aromatic heterocycles. The van der Waals surface area contributed by atoms with Gasteiger partial charge in [-0.15, -0.1) is 0 Å². The zero-order valence-corrected chi connectivity index (χ0v) is 15.5. The second-order valence-electron chi connectivity index (χ2n) is 6.33. The molecule has 0 spiro atoms. The standard InChI is InChI=1S/C21H24N2O5/c24-13-10-22-18-9-5-4-8-17(18)21(26)28-19(16-6-2-1-3-7-16)20(25)23-11-14-27-15-12-23/h1-9,19,22,24H,10-15H2/t19-/m1/s1. The second-order valence-corrected chi connectivity index (χ2v) is 6.33. The minimum atomic E-state index is -1.03. The number of hydrogen-bond donors (Lipinski definition) is 2. The maximum atomic E-state index is 13.1. The Morgan fingerprint density at radius 1 is 1.07 bits per heavy atom. The predicted octanol–water partition coefficient (Wildman–Crippen LogP) is 1.85. The zero-order chi connectivity index (χ0) is 19.8. The van der Waals surface area contributed by atoms with Gasteiger partial charge in [-0.3, -0.25) is 4.79 Å². The Hall–Kier alpha value is -2.90. The van der Waals surface area contributed by atoms with Crippen molar-refractivity contribution in [3.05, 3.63) is 65.7 Å². The fourth-order valence-electron chi connectivity index (χ4n) is 3.01. The van der Waals surface area contributed by atoms with Crippen LogP contribution in [-0.2, 0) is 14.3 Å². The summed E-state index contributed by atoms with van der Waals surface area (Å²) >= 11 is 0. The van der Waals surface area contributed by atoms with Gasteiger partial charge in [0.05, 0.1) is 25.4 Å². The molecule has 0 saturated carbocycles. The first kappa shape index (κ1) is 19.9. The number of benzene rings is 2. The largest absolute Gasteiger partial charge is 0.444 e. The number of anilines is 1. The number of carbonyl (C=O) groups excluding carboxylic acids is 2. The summed E-state index contributed by atoms with van der Waals surface area (Å²) in [7, 11) is 0. The lowest BCUT2D eigenvalue weighted by Crippen LogP contribution is -2.44. The van der Waals surface area contributed by atoms with Crippen molar-refractivity contribution >= 4 is 17.6 Å². The summed E-state index contributed by atoms with van der Waals surface area (Å²) in [5, 5.41) is 12.0. The van der Waals surface area contributed by atoms with Crippen molar-refractivity contribution in [2.24, 2.45) is 0 Å². The van der Waals surface area contributed by atoms with Crippen molar-refractivity contribution < 1.29 is 24.2 Å².